The second kappa shape index (κ2) is 4.72. The molecule has 0 radical (unpaired) electrons. The van der Waals surface area contributed by atoms with E-state index < -0.39 is 11.8 Å². The Kier molecular flexibility index (Phi) is 4.29. The topological polar surface area (TPSA) is 43.4 Å². The van der Waals surface area contributed by atoms with Gasteiger partial charge in [-0.05, 0) is 13.0 Å². The monoisotopic (exact) mass is 188 g/mol. The van der Waals surface area contributed by atoms with Crippen molar-refractivity contribution < 1.29 is 14.3 Å². The van der Waals surface area contributed by atoms with Crippen LogP contribution in [0.25, 0.3) is 0 Å². The molecule has 0 heterocycles. The highest BCUT2D eigenvalue weighted by Crippen LogP contribution is 2.11. The molecule has 3 nitrogen and oxygen atoms in total. The van der Waals surface area contributed by atoms with Crippen molar-refractivity contribution in [1.29, 1.82) is 0 Å². The molecule has 0 atom stereocenters. The van der Waals surface area contributed by atoms with Crippen LogP contribution < -0.4 is 0 Å². The SMILES string of the molecule is C=CC(=O)C(Cl)=C(C)C(=O)OC. The van der Waals surface area contributed by atoms with E-state index >= 15 is 0 Å². The zero-order valence-electron chi connectivity index (χ0n) is 6.89. The fourth-order valence-electron chi connectivity index (χ4n) is 0.517. The first-order valence-electron chi connectivity index (χ1n) is 3.16. The van der Waals surface area contributed by atoms with Crippen molar-refractivity contribution in [2.24, 2.45) is 0 Å². The highest BCUT2D eigenvalue weighted by Gasteiger charge is 2.13. The van der Waals surface area contributed by atoms with Gasteiger partial charge in [-0.25, -0.2) is 4.79 Å². The minimum absolute atomic E-state index is 0.0871. The Morgan fingerprint density at radius 2 is 2.00 bits per heavy atom. The van der Waals surface area contributed by atoms with Gasteiger partial charge in [-0.2, -0.15) is 0 Å². The molecule has 0 aliphatic carbocycles. The summed E-state index contributed by atoms with van der Waals surface area (Å²) < 4.78 is 4.36. The predicted octanol–water partition coefficient (Wildman–Crippen LogP) is 1.43. The Hall–Kier alpha value is -1.09. The average molecular weight is 189 g/mol. The summed E-state index contributed by atoms with van der Waals surface area (Å²) in [6.45, 7) is 4.64. The van der Waals surface area contributed by atoms with E-state index in [1.807, 2.05) is 0 Å². The highest BCUT2D eigenvalue weighted by molar-refractivity contribution is 6.45. The molecule has 0 unspecified atom stereocenters. The van der Waals surface area contributed by atoms with E-state index in [1.54, 1.807) is 0 Å². The minimum atomic E-state index is -0.616. The highest BCUT2D eigenvalue weighted by atomic mass is 35.5. The van der Waals surface area contributed by atoms with Gasteiger partial charge in [0.05, 0.1) is 17.7 Å². The van der Waals surface area contributed by atoms with E-state index in [0.717, 1.165) is 6.08 Å². The smallest absolute Gasteiger partial charge is 0.335 e. The van der Waals surface area contributed by atoms with Crippen LogP contribution in [0.1, 0.15) is 6.92 Å². The maximum absolute atomic E-state index is 10.9. The molecule has 12 heavy (non-hydrogen) atoms. The summed E-state index contributed by atoms with van der Waals surface area (Å²) in [4.78, 5) is 21.7. The number of halogens is 1. The zero-order valence-corrected chi connectivity index (χ0v) is 7.64. The molecule has 66 valence electrons. The van der Waals surface area contributed by atoms with Gasteiger partial charge in [0.15, 0.2) is 5.78 Å². The first-order chi connectivity index (χ1) is 5.54. The second-order valence-electron chi connectivity index (χ2n) is 2.00. The van der Waals surface area contributed by atoms with Crippen LogP contribution in [-0.4, -0.2) is 18.9 Å². The largest absolute Gasteiger partial charge is 0.466 e. The van der Waals surface area contributed by atoms with Crippen LogP contribution >= 0.6 is 11.6 Å². The van der Waals surface area contributed by atoms with Crippen molar-refractivity contribution in [3.8, 4) is 0 Å². The quantitative estimate of drug-likeness (QED) is 0.497. The first-order valence-corrected chi connectivity index (χ1v) is 3.53. The third-order valence-electron chi connectivity index (χ3n) is 1.22. The van der Waals surface area contributed by atoms with Crippen LogP contribution in [0.3, 0.4) is 0 Å². The van der Waals surface area contributed by atoms with Crippen molar-refractivity contribution >= 4 is 23.4 Å². The Morgan fingerprint density at radius 1 is 1.50 bits per heavy atom. The van der Waals surface area contributed by atoms with Crippen LogP contribution in [-0.2, 0) is 14.3 Å². The van der Waals surface area contributed by atoms with Crippen LogP contribution in [0.5, 0.6) is 0 Å². The number of esters is 1. The molecular formula is C8H9ClO3. The Balaban J connectivity index is 4.80. The summed E-state index contributed by atoms with van der Waals surface area (Å²) in [5.74, 6) is -1.10. The summed E-state index contributed by atoms with van der Waals surface area (Å²) in [5.41, 5.74) is 0.0871. The van der Waals surface area contributed by atoms with Gasteiger partial charge in [-0.1, -0.05) is 18.2 Å². The molecule has 0 rings (SSSR count). The van der Waals surface area contributed by atoms with E-state index in [2.05, 4.69) is 11.3 Å². The van der Waals surface area contributed by atoms with Crippen LogP contribution in [0.2, 0.25) is 0 Å². The molecular weight excluding hydrogens is 180 g/mol. The molecule has 0 aromatic carbocycles. The molecule has 0 saturated heterocycles. The third kappa shape index (κ3) is 2.51. The summed E-state index contributed by atoms with van der Waals surface area (Å²) in [5, 5.41) is -0.156. The maximum atomic E-state index is 10.9. The lowest BCUT2D eigenvalue weighted by Gasteiger charge is -1.99. The third-order valence-corrected chi connectivity index (χ3v) is 1.69. The van der Waals surface area contributed by atoms with Gasteiger partial charge >= 0.3 is 5.97 Å². The molecule has 4 heteroatoms. The fraction of sp³-hybridized carbons (Fsp3) is 0.250. The number of carbonyl (C=O) groups is 2. The van der Waals surface area contributed by atoms with Gasteiger partial charge < -0.3 is 4.74 Å². The van der Waals surface area contributed by atoms with Gasteiger partial charge in [0, 0.05) is 0 Å². The molecule has 0 amide bonds. The predicted molar refractivity (Wildman–Crippen MR) is 45.8 cm³/mol. The molecule has 0 aliphatic rings. The number of allylic oxidation sites excluding steroid dienone is 2. The summed E-state index contributed by atoms with van der Waals surface area (Å²) in [6.07, 6.45) is 1.04. The van der Waals surface area contributed by atoms with Crippen molar-refractivity contribution in [3.63, 3.8) is 0 Å². The molecule has 0 spiro atoms. The van der Waals surface area contributed by atoms with Crippen molar-refractivity contribution in [3.05, 3.63) is 23.3 Å². The van der Waals surface area contributed by atoms with Gasteiger partial charge in [0.1, 0.15) is 0 Å². The van der Waals surface area contributed by atoms with E-state index in [-0.39, 0.29) is 10.6 Å². The van der Waals surface area contributed by atoms with Crippen molar-refractivity contribution in [2.45, 2.75) is 6.92 Å². The lowest BCUT2D eigenvalue weighted by Crippen LogP contribution is -2.06. The number of ether oxygens (including phenoxy) is 1. The van der Waals surface area contributed by atoms with Crippen LogP contribution in [0.4, 0.5) is 0 Å². The van der Waals surface area contributed by atoms with Crippen molar-refractivity contribution in [2.75, 3.05) is 7.11 Å². The molecule has 0 N–H and O–H groups in total. The van der Waals surface area contributed by atoms with E-state index in [9.17, 15) is 9.59 Å². The minimum Gasteiger partial charge on any atom is -0.466 e. The number of hydrogen-bond donors (Lipinski definition) is 0. The van der Waals surface area contributed by atoms with E-state index in [1.165, 1.54) is 14.0 Å². The Morgan fingerprint density at radius 3 is 2.33 bits per heavy atom. The van der Waals surface area contributed by atoms with Crippen LogP contribution in [0, 0.1) is 0 Å². The number of hydrogen-bond acceptors (Lipinski definition) is 3. The summed E-state index contributed by atoms with van der Waals surface area (Å²) in [6, 6.07) is 0. The standard InChI is InChI=1S/C8H9ClO3/c1-4-6(10)7(9)5(2)8(11)12-3/h4H,1H2,2-3H3. The molecule has 0 fully saturated rings. The number of ketones is 1. The molecule has 0 aromatic rings. The van der Waals surface area contributed by atoms with Crippen molar-refractivity contribution in [1.82, 2.24) is 0 Å². The normalized spacial score (nSPS) is 11.6. The van der Waals surface area contributed by atoms with Gasteiger partial charge in [0.25, 0.3) is 0 Å². The molecule has 0 saturated carbocycles. The molecule has 0 aromatic heterocycles. The number of rotatable bonds is 3. The fourth-order valence-corrected chi connectivity index (χ4v) is 0.671. The summed E-state index contributed by atoms with van der Waals surface area (Å²) in [7, 11) is 1.22. The van der Waals surface area contributed by atoms with Crippen LogP contribution in [0.15, 0.2) is 23.3 Å². The Labute approximate surface area is 75.7 Å². The first kappa shape index (κ1) is 10.9. The van der Waals surface area contributed by atoms with E-state index in [0.29, 0.717) is 0 Å². The lowest BCUT2D eigenvalue weighted by atomic mass is 10.2. The zero-order chi connectivity index (χ0) is 9.72. The Bertz CT molecular complexity index is 253. The average Bonchev–Trinajstić information content (AvgIpc) is 2.12. The summed E-state index contributed by atoms with van der Waals surface area (Å²) >= 11 is 5.51. The lowest BCUT2D eigenvalue weighted by molar-refractivity contribution is -0.136. The van der Waals surface area contributed by atoms with E-state index in [4.69, 9.17) is 11.6 Å². The molecule has 0 bridgehead atoms. The van der Waals surface area contributed by atoms with Gasteiger partial charge in [-0.3, -0.25) is 4.79 Å². The number of methoxy groups -OCH3 is 1. The van der Waals surface area contributed by atoms with Gasteiger partial charge in [0.2, 0.25) is 0 Å². The number of carbonyl (C=O) groups excluding carboxylic acids is 2. The molecule has 0 aliphatic heterocycles. The van der Waals surface area contributed by atoms with Gasteiger partial charge in [-0.15, -0.1) is 0 Å². The maximum Gasteiger partial charge on any atom is 0.335 e. The second-order valence-corrected chi connectivity index (χ2v) is 2.38.